The molecule has 2 aromatic rings. The lowest BCUT2D eigenvalue weighted by Gasteiger charge is -2.30. The molecule has 7 nitrogen and oxygen atoms in total. The van der Waals surface area contributed by atoms with E-state index in [0.717, 1.165) is 42.3 Å². The van der Waals surface area contributed by atoms with Crippen molar-refractivity contribution < 1.29 is 14.3 Å². The Morgan fingerprint density at radius 2 is 2.04 bits per heavy atom. The smallest absolute Gasteiger partial charge is 0.251 e. The predicted octanol–water partition coefficient (Wildman–Crippen LogP) is 2.24. The van der Waals surface area contributed by atoms with Gasteiger partial charge >= 0.3 is 0 Å². The van der Waals surface area contributed by atoms with Gasteiger partial charge in [0.1, 0.15) is 5.75 Å². The van der Waals surface area contributed by atoms with E-state index in [-0.39, 0.29) is 11.9 Å². The highest BCUT2D eigenvalue weighted by atomic mass is 16.5. The molecule has 1 aromatic carbocycles. The number of hydrogen-bond acceptors (Lipinski definition) is 5. The molecule has 1 aliphatic rings. The lowest BCUT2D eigenvalue weighted by Crippen LogP contribution is -2.37. The summed E-state index contributed by atoms with van der Waals surface area (Å²) in [5, 5.41) is 7.57. The van der Waals surface area contributed by atoms with Gasteiger partial charge in [0.2, 0.25) is 0 Å². The van der Waals surface area contributed by atoms with Crippen molar-refractivity contribution in [1.82, 2.24) is 15.1 Å². The number of nitrogens with one attached hydrogen (secondary N) is 1. The van der Waals surface area contributed by atoms with Crippen LogP contribution < -0.4 is 15.0 Å². The molecule has 7 heteroatoms. The van der Waals surface area contributed by atoms with E-state index in [4.69, 9.17) is 9.47 Å². The van der Waals surface area contributed by atoms with Crippen molar-refractivity contribution in [3.05, 3.63) is 40.7 Å². The molecule has 1 amide bonds. The first-order valence-corrected chi connectivity index (χ1v) is 9.71. The van der Waals surface area contributed by atoms with E-state index in [1.807, 2.05) is 43.8 Å². The lowest BCUT2D eigenvalue weighted by atomic mass is 10.0. The summed E-state index contributed by atoms with van der Waals surface area (Å²) >= 11 is 0. The largest absolute Gasteiger partial charge is 0.495 e. The molecule has 152 valence electrons. The minimum Gasteiger partial charge on any atom is -0.495 e. The zero-order valence-corrected chi connectivity index (χ0v) is 17.4. The van der Waals surface area contributed by atoms with Crippen LogP contribution in [0.1, 0.15) is 34.2 Å². The summed E-state index contributed by atoms with van der Waals surface area (Å²) in [5.41, 5.74) is 4.91. The minimum atomic E-state index is -0.0798. The Morgan fingerprint density at radius 1 is 1.32 bits per heavy atom. The highest BCUT2D eigenvalue weighted by molar-refractivity contribution is 5.95. The van der Waals surface area contributed by atoms with E-state index in [2.05, 4.69) is 22.2 Å². The molecule has 0 radical (unpaired) electrons. The second kappa shape index (κ2) is 8.65. The molecule has 1 aliphatic heterocycles. The second-order valence-electron chi connectivity index (χ2n) is 7.34. The van der Waals surface area contributed by atoms with Crippen molar-refractivity contribution in [1.29, 1.82) is 0 Å². The van der Waals surface area contributed by atoms with Crippen LogP contribution in [-0.4, -0.2) is 55.1 Å². The Labute approximate surface area is 166 Å². The van der Waals surface area contributed by atoms with E-state index < -0.39 is 0 Å². The van der Waals surface area contributed by atoms with Crippen LogP contribution in [0.15, 0.2) is 18.2 Å². The Kier molecular flexibility index (Phi) is 6.24. The fourth-order valence-corrected chi connectivity index (χ4v) is 3.66. The number of aromatic nitrogens is 2. The van der Waals surface area contributed by atoms with Crippen molar-refractivity contribution in [3.63, 3.8) is 0 Å². The van der Waals surface area contributed by atoms with Crippen molar-refractivity contribution >= 4 is 11.6 Å². The molecule has 0 spiro atoms. The molecule has 1 N–H and O–H groups in total. The van der Waals surface area contributed by atoms with Crippen LogP contribution in [0.3, 0.4) is 0 Å². The number of anilines is 1. The van der Waals surface area contributed by atoms with Gasteiger partial charge in [0.25, 0.3) is 5.91 Å². The van der Waals surface area contributed by atoms with Crippen LogP contribution in [0.4, 0.5) is 5.69 Å². The van der Waals surface area contributed by atoms with Crippen molar-refractivity contribution in [3.8, 4) is 5.75 Å². The van der Waals surface area contributed by atoms with Gasteiger partial charge in [-0.1, -0.05) is 0 Å². The predicted molar refractivity (Wildman–Crippen MR) is 109 cm³/mol. The van der Waals surface area contributed by atoms with Crippen LogP contribution in [0, 0.1) is 13.8 Å². The molecule has 3 rings (SSSR count). The summed E-state index contributed by atoms with van der Waals surface area (Å²) in [6.45, 7) is 9.03. The molecular formula is C21H30N4O3. The average Bonchev–Trinajstić information content (AvgIpc) is 2.94. The third kappa shape index (κ3) is 4.30. The minimum absolute atomic E-state index is 0.00281. The monoisotopic (exact) mass is 386 g/mol. The van der Waals surface area contributed by atoms with Gasteiger partial charge in [-0.05, 0) is 51.0 Å². The van der Waals surface area contributed by atoms with Crippen LogP contribution in [0.25, 0.3) is 0 Å². The summed E-state index contributed by atoms with van der Waals surface area (Å²) in [5.74, 6) is 0.692. The van der Waals surface area contributed by atoms with Gasteiger partial charge in [-0.2, -0.15) is 5.10 Å². The van der Waals surface area contributed by atoms with Crippen molar-refractivity contribution in [2.24, 2.45) is 7.05 Å². The molecule has 0 saturated carbocycles. The van der Waals surface area contributed by atoms with Gasteiger partial charge in [0.05, 0.1) is 31.7 Å². The van der Waals surface area contributed by atoms with E-state index in [1.165, 1.54) is 5.56 Å². The van der Waals surface area contributed by atoms with Crippen molar-refractivity contribution in [2.75, 3.05) is 38.3 Å². The molecule has 1 saturated heterocycles. The number of aryl methyl sites for hydroxylation is 2. The molecule has 2 heterocycles. The summed E-state index contributed by atoms with van der Waals surface area (Å²) in [7, 11) is 3.60. The molecular weight excluding hydrogens is 356 g/mol. The number of hydrogen-bond donors (Lipinski definition) is 1. The first-order chi connectivity index (χ1) is 13.4. The highest BCUT2D eigenvalue weighted by Crippen LogP contribution is 2.30. The van der Waals surface area contributed by atoms with Crippen LogP contribution in [0.5, 0.6) is 5.75 Å². The zero-order valence-electron chi connectivity index (χ0n) is 17.4. The maximum absolute atomic E-state index is 12.8. The van der Waals surface area contributed by atoms with Gasteiger partial charge in [-0.3, -0.25) is 9.48 Å². The number of methoxy groups -OCH3 is 1. The highest BCUT2D eigenvalue weighted by Gasteiger charge is 2.19. The number of morpholine rings is 1. The number of amides is 1. The quantitative estimate of drug-likeness (QED) is 0.825. The zero-order chi connectivity index (χ0) is 20.3. The summed E-state index contributed by atoms with van der Waals surface area (Å²) < 4.78 is 12.8. The molecule has 28 heavy (non-hydrogen) atoms. The topological polar surface area (TPSA) is 68.6 Å². The van der Waals surface area contributed by atoms with Crippen LogP contribution >= 0.6 is 0 Å². The maximum Gasteiger partial charge on any atom is 0.251 e. The molecule has 1 atom stereocenters. The lowest BCUT2D eigenvalue weighted by molar-refractivity contribution is 0.0940. The SMILES string of the molecule is COc1ccc(C(=O)N[C@H](C)Cc2c(C)nn(C)c2C)cc1N1CCOCC1. The van der Waals surface area contributed by atoms with Gasteiger partial charge in [0, 0.05) is 37.4 Å². The fourth-order valence-electron chi connectivity index (χ4n) is 3.66. The normalized spacial score (nSPS) is 15.4. The van der Waals surface area contributed by atoms with Crippen molar-refractivity contribution in [2.45, 2.75) is 33.2 Å². The van der Waals surface area contributed by atoms with Gasteiger partial charge in [-0.25, -0.2) is 0 Å². The van der Waals surface area contributed by atoms with E-state index >= 15 is 0 Å². The Morgan fingerprint density at radius 3 is 2.64 bits per heavy atom. The maximum atomic E-state index is 12.8. The second-order valence-corrected chi connectivity index (χ2v) is 7.34. The van der Waals surface area contributed by atoms with Gasteiger partial charge in [-0.15, -0.1) is 0 Å². The summed E-state index contributed by atoms with van der Waals surface area (Å²) in [4.78, 5) is 15.0. The number of carbonyl (C=O) groups excluding carboxylic acids is 1. The average molecular weight is 386 g/mol. The molecule has 0 unspecified atom stereocenters. The third-order valence-corrected chi connectivity index (χ3v) is 5.34. The fraction of sp³-hybridized carbons (Fsp3) is 0.524. The van der Waals surface area contributed by atoms with Crippen LogP contribution in [0.2, 0.25) is 0 Å². The van der Waals surface area contributed by atoms with Crippen LogP contribution in [-0.2, 0) is 18.2 Å². The summed E-state index contributed by atoms with van der Waals surface area (Å²) in [6.07, 6.45) is 0.754. The number of carbonyl (C=O) groups is 1. The van der Waals surface area contributed by atoms with E-state index in [1.54, 1.807) is 7.11 Å². The number of benzene rings is 1. The molecule has 1 fully saturated rings. The molecule has 1 aromatic heterocycles. The number of ether oxygens (including phenoxy) is 2. The first kappa shape index (κ1) is 20.2. The van der Waals surface area contributed by atoms with Gasteiger partial charge in [0.15, 0.2) is 0 Å². The number of rotatable bonds is 6. The third-order valence-electron chi connectivity index (χ3n) is 5.34. The van der Waals surface area contributed by atoms with E-state index in [0.29, 0.717) is 18.8 Å². The molecule has 0 aliphatic carbocycles. The van der Waals surface area contributed by atoms with Gasteiger partial charge < -0.3 is 19.7 Å². The standard InChI is InChI=1S/C21H30N4O3/c1-14(12-18-15(2)23-24(4)16(18)3)22-21(26)17-6-7-20(27-5)19(13-17)25-8-10-28-11-9-25/h6-7,13-14H,8-12H2,1-5H3,(H,22,26)/t14-/m1/s1. The Bertz CT molecular complexity index is 840. The van der Waals surface area contributed by atoms with E-state index in [9.17, 15) is 4.79 Å². The Balaban J connectivity index is 1.72. The summed E-state index contributed by atoms with van der Waals surface area (Å²) in [6, 6.07) is 5.58. The first-order valence-electron chi connectivity index (χ1n) is 9.71. The number of nitrogens with zero attached hydrogens (tertiary/aromatic N) is 3. The Hall–Kier alpha value is -2.54. The molecule has 0 bridgehead atoms.